The van der Waals surface area contributed by atoms with Gasteiger partial charge in [0, 0.05) is 23.7 Å². The lowest BCUT2D eigenvalue weighted by Gasteiger charge is -2.26. The Labute approximate surface area is 242 Å². The van der Waals surface area contributed by atoms with Gasteiger partial charge < -0.3 is 29.6 Å². The summed E-state index contributed by atoms with van der Waals surface area (Å²) in [6, 6.07) is 12.1. The van der Waals surface area contributed by atoms with Crippen molar-refractivity contribution in [3.05, 3.63) is 64.0 Å². The number of sulfonamides is 1. The molecule has 0 radical (unpaired) electrons. The van der Waals surface area contributed by atoms with Gasteiger partial charge in [0.25, 0.3) is 0 Å². The molecule has 2 aromatic carbocycles. The zero-order valence-corrected chi connectivity index (χ0v) is 24.5. The number of aryl methyl sites for hydroxylation is 1. The minimum Gasteiger partial charge on any atom is -0.462 e. The maximum absolute atomic E-state index is 13.0. The highest BCUT2D eigenvalue weighted by Gasteiger charge is 2.27. The Bertz CT molecular complexity index is 1510. The zero-order valence-electron chi connectivity index (χ0n) is 22.0. The van der Waals surface area contributed by atoms with Gasteiger partial charge in [-0.2, -0.15) is 4.31 Å². The number of morpholine rings is 1. The lowest BCUT2D eigenvalue weighted by atomic mass is 10.0. The quantitative estimate of drug-likeness (QED) is 0.284. The average Bonchev–Trinajstić information content (AvgIpc) is 3.53. The van der Waals surface area contributed by atoms with Crippen LogP contribution in [-0.2, 0) is 25.9 Å². The van der Waals surface area contributed by atoms with E-state index >= 15 is 0 Å². The number of hydrogen-bond acceptors (Lipinski definition) is 9. The van der Waals surface area contributed by atoms with Crippen molar-refractivity contribution in [1.29, 1.82) is 0 Å². The molecule has 13 heteroatoms. The minimum absolute atomic E-state index is 0.190. The Kier molecular flexibility index (Phi) is 8.57. The Balaban J connectivity index is 1.32. The van der Waals surface area contributed by atoms with E-state index in [9.17, 15) is 13.2 Å². The van der Waals surface area contributed by atoms with Crippen LogP contribution in [0.5, 0.6) is 11.5 Å². The van der Waals surface area contributed by atoms with E-state index in [1.165, 1.54) is 15.6 Å². The molecule has 10 nitrogen and oxygen atoms in total. The van der Waals surface area contributed by atoms with Crippen molar-refractivity contribution in [1.82, 2.24) is 4.31 Å². The molecule has 0 unspecified atom stereocenters. The molecular weight excluding hydrogens is 575 g/mol. The second kappa shape index (κ2) is 12.1. The summed E-state index contributed by atoms with van der Waals surface area (Å²) >= 11 is 6.95. The summed E-state index contributed by atoms with van der Waals surface area (Å²) in [7, 11) is -3.60. The number of hydrogen-bond donors (Lipinski definition) is 2. The van der Waals surface area contributed by atoms with Gasteiger partial charge in [0.05, 0.1) is 30.3 Å². The molecule has 0 bridgehead atoms. The monoisotopic (exact) mass is 603 g/mol. The van der Waals surface area contributed by atoms with Crippen LogP contribution < -0.4 is 20.1 Å². The number of esters is 1. The predicted octanol–water partition coefficient (Wildman–Crippen LogP) is 4.38. The average molecular weight is 604 g/mol. The summed E-state index contributed by atoms with van der Waals surface area (Å²) in [6.07, 6.45) is 0.494. The number of carbonyl (C=O) groups excluding carboxylic acids is 1. The summed E-state index contributed by atoms with van der Waals surface area (Å²) in [4.78, 5) is 14.2. The first-order valence-corrected chi connectivity index (χ1v) is 15.4. The highest BCUT2D eigenvalue weighted by atomic mass is 32.2. The van der Waals surface area contributed by atoms with Gasteiger partial charge >= 0.3 is 5.97 Å². The van der Waals surface area contributed by atoms with Crippen LogP contribution in [0.4, 0.5) is 10.7 Å². The highest BCUT2D eigenvalue weighted by molar-refractivity contribution is 7.89. The molecule has 2 N–H and O–H groups in total. The van der Waals surface area contributed by atoms with Gasteiger partial charge in [0.15, 0.2) is 16.6 Å². The summed E-state index contributed by atoms with van der Waals surface area (Å²) in [5.41, 5.74) is 2.84. The molecule has 0 aliphatic carbocycles. The van der Waals surface area contributed by atoms with E-state index in [2.05, 4.69) is 10.6 Å². The van der Waals surface area contributed by atoms with Crippen LogP contribution in [0, 0.1) is 6.92 Å². The number of fused-ring (bicyclic) bond motifs is 1. The van der Waals surface area contributed by atoms with Crippen molar-refractivity contribution in [2.75, 3.05) is 50.3 Å². The van der Waals surface area contributed by atoms with Crippen molar-refractivity contribution >= 4 is 55.3 Å². The number of nitrogens with one attached hydrogen (secondary N) is 2. The molecule has 1 saturated heterocycles. The molecule has 1 fully saturated rings. The third-order valence-electron chi connectivity index (χ3n) is 6.45. The number of thiocarbonyl (C=S) groups is 1. The molecule has 0 spiro atoms. The fourth-order valence-electron chi connectivity index (χ4n) is 4.47. The highest BCUT2D eigenvalue weighted by Crippen LogP contribution is 2.38. The van der Waals surface area contributed by atoms with Gasteiger partial charge in [-0.05, 0) is 80.0 Å². The predicted molar refractivity (Wildman–Crippen MR) is 156 cm³/mol. The standard InChI is InChI=1S/C27H29N3O7S3/c1-3-35-26(31)24-21(14-18-4-9-22-23(15-18)37-16-36-22)17(2)39-25(24)29-27(38)28-19-5-7-20(8-6-19)40(32,33)30-10-12-34-13-11-30/h4-9,15H,3,10-14,16H2,1-2H3,(H2,28,29,38). The maximum atomic E-state index is 13.0. The molecule has 0 saturated carbocycles. The number of nitrogens with zero attached hydrogens (tertiary/aromatic N) is 1. The van der Waals surface area contributed by atoms with Crippen LogP contribution in [0.2, 0.25) is 0 Å². The summed E-state index contributed by atoms with van der Waals surface area (Å²) < 4.78 is 48.8. The van der Waals surface area contributed by atoms with Crippen LogP contribution in [0.15, 0.2) is 47.4 Å². The van der Waals surface area contributed by atoms with Crippen molar-refractivity contribution in [2.24, 2.45) is 0 Å². The first-order chi connectivity index (χ1) is 19.3. The molecule has 212 valence electrons. The van der Waals surface area contributed by atoms with Gasteiger partial charge in [0.2, 0.25) is 16.8 Å². The second-order valence-corrected chi connectivity index (χ2v) is 12.6. The molecule has 3 aromatic rings. The number of anilines is 2. The van der Waals surface area contributed by atoms with Gasteiger partial charge in [-0.1, -0.05) is 6.07 Å². The zero-order chi connectivity index (χ0) is 28.3. The number of benzene rings is 2. The van der Waals surface area contributed by atoms with Crippen molar-refractivity contribution < 1.29 is 32.2 Å². The van der Waals surface area contributed by atoms with Gasteiger partial charge in [-0.15, -0.1) is 11.3 Å². The topological polar surface area (TPSA) is 115 Å². The maximum Gasteiger partial charge on any atom is 0.341 e. The van der Waals surface area contributed by atoms with Crippen LogP contribution in [0.1, 0.15) is 33.3 Å². The third-order valence-corrected chi connectivity index (χ3v) is 9.63. The minimum atomic E-state index is -3.60. The molecular formula is C27H29N3O7S3. The third kappa shape index (κ3) is 6.08. The van der Waals surface area contributed by atoms with Gasteiger partial charge in [0.1, 0.15) is 5.00 Å². The number of rotatable bonds is 8. The lowest BCUT2D eigenvalue weighted by molar-refractivity contribution is 0.0527. The first-order valence-electron chi connectivity index (χ1n) is 12.7. The van der Waals surface area contributed by atoms with Crippen LogP contribution in [0.3, 0.4) is 0 Å². The van der Waals surface area contributed by atoms with E-state index in [0.717, 1.165) is 16.0 Å². The largest absolute Gasteiger partial charge is 0.462 e. The van der Waals surface area contributed by atoms with Gasteiger partial charge in [-0.3, -0.25) is 0 Å². The van der Waals surface area contributed by atoms with Crippen molar-refractivity contribution in [3.63, 3.8) is 0 Å². The molecule has 2 aliphatic heterocycles. The van der Waals surface area contributed by atoms with E-state index in [4.69, 9.17) is 31.2 Å². The van der Waals surface area contributed by atoms with Crippen molar-refractivity contribution in [2.45, 2.75) is 25.2 Å². The first kappa shape index (κ1) is 28.3. The van der Waals surface area contributed by atoms with Crippen LogP contribution in [-0.4, -0.2) is 63.5 Å². The summed E-state index contributed by atoms with van der Waals surface area (Å²) in [5.74, 6) is 0.933. The fraction of sp³-hybridized carbons (Fsp3) is 0.333. The molecule has 0 amide bonds. The van der Waals surface area contributed by atoms with Crippen LogP contribution >= 0.6 is 23.6 Å². The van der Waals surface area contributed by atoms with E-state index in [0.29, 0.717) is 60.5 Å². The Morgan fingerprint density at radius 3 is 2.52 bits per heavy atom. The summed E-state index contributed by atoms with van der Waals surface area (Å²) in [5, 5.41) is 7.03. The Hall–Kier alpha value is -3.23. The molecule has 1 aromatic heterocycles. The molecule has 0 atom stereocenters. The number of ether oxygens (including phenoxy) is 4. The SMILES string of the molecule is CCOC(=O)c1c(NC(=S)Nc2ccc(S(=O)(=O)N3CCOCC3)cc2)sc(C)c1Cc1ccc2c(c1)OCO2. The smallest absolute Gasteiger partial charge is 0.341 e. The second-order valence-electron chi connectivity index (χ2n) is 9.05. The normalized spacial score (nSPS) is 15.1. The molecule has 5 rings (SSSR count). The Morgan fingerprint density at radius 1 is 1.07 bits per heavy atom. The Morgan fingerprint density at radius 2 is 1.80 bits per heavy atom. The van der Waals surface area contributed by atoms with E-state index < -0.39 is 16.0 Å². The molecule has 40 heavy (non-hydrogen) atoms. The van der Waals surface area contributed by atoms with E-state index in [1.807, 2.05) is 25.1 Å². The van der Waals surface area contributed by atoms with Crippen LogP contribution in [0.25, 0.3) is 0 Å². The summed E-state index contributed by atoms with van der Waals surface area (Å²) in [6.45, 7) is 5.56. The fourth-order valence-corrected chi connectivity index (χ4v) is 7.22. The number of carbonyl (C=O) groups is 1. The van der Waals surface area contributed by atoms with E-state index in [-0.39, 0.29) is 23.4 Å². The van der Waals surface area contributed by atoms with Gasteiger partial charge in [-0.25, -0.2) is 13.2 Å². The van der Waals surface area contributed by atoms with Crippen molar-refractivity contribution in [3.8, 4) is 11.5 Å². The van der Waals surface area contributed by atoms with E-state index in [1.54, 1.807) is 31.2 Å². The molecule has 2 aliphatic rings. The lowest BCUT2D eigenvalue weighted by Crippen LogP contribution is -2.40. The molecule has 3 heterocycles. The number of thiophene rings is 1.